The third-order valence-corrected chi connectivity index (χ3v) is 2.14. The van der Waals surface area contributed by atoms with Crippen LogP contribution < -0.4 is 5.73 Å². The third-order valence-electron chi connectivity index (χ3n) is 2.14. The summed E-state index contributed by atoms with van der Waals surface area (Å²) in [6.07, 6.45) is 1.52. The summed E-state index contributed by atoms with van der Waals surface area (Å²) in [5.41, 5.74) is 7.24. The molecule has 0 saturated carbocycles. The third kappa shape index (κ3) is 1.61. The van der Waals surface area contributed by atoms with Crippen molar-refractivity contribution in [2.24, 2.45) is 0 Å². The van der Waals surface area contributed by atoms with Crippen LogP contribution in [0, 0.1) is 0 Å². The van der Waals surface area contributed by atoms with Crippen molar-refractivity contribution in [3.05, 3.63) is 36.0 Å². The lowest BCUT2D eigenvalue weighted by molar-refractivity contribution is 0.0603. The molecule has 0 aliphatic heterocycles. The molecule has 76 valence electrons. The van der Waals surface area contributed by atoms with Gasteiger partial charge in [0.05, 0.1) is 30.1 Å². The van der Waals surface area contributed by atoms with Crippen molar-refractivity contribution >= 4 is 22.6 Å². The molecule has 1 aromatic heterocycles. The first-order valence-electron chi connectivity index (χ1n) is 4.45. The Hall–Kier alpha value is -2.10. The van der Waals surface area contributed by atoms with Gasteiger partial charge in [-0.15, -0.1) is 0 Å². The number of hydrogen-bond acceptors (Lipinski definition) is 4. The van der Waals surface area contributed by atoms with Crippen molar-refractivity contribution in [1.82, 2.24) is 4.98 Å². The fourth-order valence-electron chi connectivity index (χ4n) is 1.45. The van der Waals surface area contributed by atoms with E-state index >= 15 is 0 Å². The van der Waals surface area contributed by atoms with E-state index in [1.807, 2.05) is 6.07 Å². The van der Waals surface area contributed by atoms with E-state index in [1.165, 1.54) is 13.3 Å². The van der Waals surface area contributed by atoms with Crippen LogP contribution in [0.1, 0.15) is 10.4 Å². The molecule has 0 radical (unpaired) electrons. The van der Waals surface area contributed by atoms with Crippen molar-refractivity contribution in [3.63, 3.8) is 0 Å². The maximum absolute atomic E-state index is 11.4. The number of benzene rings is 1. The Bertz CT molecular complexity index is 523. The first-order chi connectivity index (χ1) is 7.22. The average molecular weight is 202 g/mol. The van der Waals surface area contributed by atoms with Gasteiger partial charge < -0.3 is 10.5 Å². The number of rotatable bonds is 1. The number of nitrogen functional groups attached to an aromatic ring is 1. The van der Waals surface area contributed by atoms with Gasteiger partial charge in [-0.05, 0) is 12.1 Å². The number of carbonyl (C=O) groups excluding carboxylic acids is 1. The van der Waals surface area contributed by atoms with Gasteiger partial charge in [0.2, 0.25) is 0 Å². The molecule has 2 N–H and O–H groups in total. The van der Waals surface area contributed by atoms with Crippen molar-refractivity contribution < 1.29 is 9.53 Å². The monoisotopic (exact) mass is 202 g/mol. The van der Waals surface area contributed by atoms with E-state index in [-0.39, 0.29) is 0 Å². The SMILES string of the molecule is COC(=O)c1cccc2cc(N)cnc12. The topological polar surface area (TPSA) is 65.2 Å². The van der Waals surface area contributed by atoms with Gasteiger partial charge in [0.15, 0.2) is 0 Å². The number of anilines is 1. The second-order valence-electron chi connectivity index (χ2n) is 3.14. The van der Waals surface area contributed by atoms with Gasteiger partial charge >= 0.3 is 5.97 Å². The lowest BCUT2D eigenvalue weighted by Crippen LogP contribution is -2.03. The Kier molecular flexibility index (Phi) is 2.25. The van der Waals surface area contributed by atoms with E-state index in [2.05, 4.69) is 9.72 Å². The molecule has 0 amide bonds. The number of para-hydroxylation sites is 1. The Morgan fingerprint density at radius 2 is 2.27 bits per heavy atom. The molecule has 0 bridgehead atoms. The molecule has 2 rings (SSSR count). The average Bonchev–Trinajstić information content (AvgIpc) is 2.26. The van der Waals surface area contributed by atoms with Crippen LogP contribution in [0.15, 0.2) is 30.5 Å². The molecule has 0 aliphatic rings. The maximum atomic E-state index is 11.4. The molecule has 4 nitrogen and oxygen atoms in total. The Morgan fingerprint density at radius 1 is 1.47 bits per heavy atom. The molecule has 0 fully saturated rings. The number of hydrogen-bond donors (Lipinski definition) is 1. The zero-order valence-corrected chi connectivity index (χ0v) is 8.23. The summed E-state index contributed by atoms with van der Waals surface area (Å²) < 4.78 is 4.66. The van der Waals surface area contributed by atoms with Crippen LogP contribution in [0.4, 0.5) is 5.69 Å². The smallest absolute Gasteiger partial charge is 0.340 e. The first kappa shape index (κ1) is 9.45. The molecule has 0 unspecified atom stereocenters. The van der Waals surface area contributed by atoms with Crippen LogP contribution in [0.3, 0.4) is 0 Å². The summed E-state index contributed by atoms with van der Waals surface area (Å²) >= 11 is 0. The van der Waals surface area contributed by atoms with Crippen LogP contribution in [-0.4, -0.2) is 18.1 Å². The van der Waals surface area contributed by atoms with Crippen molar-refractivity contribution in [1.29, 1.82) is 0 Å². The Balaban J connectivity index is 2.71. The second kappa shape index (κ2) is 3.57. The fraction of sp³-hybridized carbons (Fsp3) is 0.0909. The first-order valence-corrected chi connectivity index (χ1v) is 4.45. The van der Waals surface area contributed by atoms with E-state index in [0.29, 0.717) is 16.8 Å². The summed E-state index contributed by atoms with van der Waals surface area (Å²) in [7, 11) is 1.35. The molecule has 0 spiro atoms. The molecular formula is C11H10N2O2. The van der Waals surface area contributed by atoms with E-state index in [1.54, 1.807) is 18.2 Å². The predicted molar refractivity (Wildman–Crippen MR) is 57.5 cm³/mol. The lowest BCUT2D eigenvalue weighted by Gasteiger charge is -2.03. The number of esters is 1. The molecule has 15 heavy (non-hydrogen) atoms. The van der Waals surface area contributed by atoms with Crippen LogP contribution in [0.25, 0.3) is 10.9 Å². The molecular weight excluding hydrogens is 192 g/mol. The number of nitrogens with zero attached hydrogens (tertiary/aromatic N) is 1. The largest absolute Gasteiger partial charge is 0.465 e. The molecule has 1 heterocycles. The predicted octanol–water partition coefficient (Wildman–Crippen LogP) is 1.60. The fourth-order valence-corrected chi connectivity index (χ4v) is 1.45. The highest BCUT2D eigenvalue weighted by Crippen LogP contribution is 2.19. The highest BCUT2D eigenvalue weighted by Gasteiger charge is 2.10. The highest BCUT2D eigenvalue weighted by molar-refractivity contribution is 6.03. The van der Waals surface area contributed by atoms with Crippen molar-refractivity contribution in [3.8, 4) is 0 Å². The van der Waals surface area contributed by atoms with Crippen LogP contribution >= 0.6 is 0 Å². The van der Waals surface area contributed by atoms with E-state index in [0.717, 1.165) is 5.39 Å². The molecule has 2 aromatic rings. The second-order valence-corrected chi connectivity index (χ2v) is 3.14. The van der Waals surface area contributed by atoms with E-state index < -0.39 is 5.97 Å². The van der Waals surface area contributed by atoms with Gasteiger partial charge in [0.1, 0.15) is 0 Å². The number of ether oxygens (including phenoxy) is 1. The van der Waals surface area contributed by atoms with Crippen molar-refractivity contribution in [2.75, 3.05) is 12.8 Å². The van der Waals surface area contributed by atoms with Crippen LogP contribution in [-0.2, 0) is 4.74 Å². The molecule has 1 aromatic carbocycles. The number of nitrogens with two attached hydrogens (primary N) is 1. The van der Waals surface area contributed by atoms with E-state index in [4.69, 9.17) is 5.73 Å². The van der Waals surface area contributed by atoms with Gasteiger partial charge in [0, 0.05) is 5.39 Å². The normalized spacial score (nSPS) is 10.2. The molecule has 0 atom stereocenters. The maximum Gasteiger partial charge on any atom is 0.340 e. The summed E-state index contributed by atoms with van der Waals surface area (Å²) in [6, 6.07) is 7.08. The zero-order chi connectivity index (χ0) is 10.8. The number of pyridine rings is 1. The summed E-state index contributed by atoms with van der Waals surface area (Å²) in [5, 5.41) is 0.831. The molecule has 4 heteroatoms. The lowest BCUT2D eigenvalue weighted by atomic mass is 10.1. The van der Waals surface area contributed by atoms with Gasteiger partial charge in [-0.2, -0.15) is 0 Å². The summed E-state index contributed by atoms with van der Waals surface area (Å²) in [6.45, 7) is 0. The number of fused-ring (bicyclic) bond motifs is 1. The van der Waals surface area contributed by atoms with Crippen LogP contribution in [0.2, 0.25) is 0 Å². The quantitative estimate of drug-likeness (QED) is 0.713. The van der Waals surface area contributed by atoms with Gasteiger partial charge in [-0.1, -0.05) is 12.1 Å². The minimum absolute atomic E-state index is 0.391. The Labute approximate surface area is 86.7 Å². The summed E-state index contributed by atoms with van der Waals surface area (Å²) in [5.74, 6) is -0.391. The van der Waals surface area contributed by atoms with Gasteiger partial charge in [0.25, 0.3) is 0 Å². The molecule has 0 aliphatic carbocycles. The number of carbonyl (C=O) groups is 1. The van der Waals surface area contributed by atoms with Crippen LogP contribution in [0.5, 0.6) is 0 Å². The zero-order valence-electron chi connectivity index (χ0n) is 8.23. The molecule has 0 saturated heterocycles. The van der Waals surface area contributed by atoms with Gasteiger partial charge in [-0.3, -0.25) is 4.98 Å². The summed E-state index contributed by atoms with van der Waals surface area (Å²) in [4.78, 5) is 15.5. The minimum atomic E-state index is -0.391. The van der Waals surface area contributed by atoms with Crippen molar-refractivity contribution in [2.45, 2.75) is 0 Å². The highest BCUT2D eigenvalue weighted by atomic mass is 16.5. The minimum Gasteiger partial charge on any atom is -0.465 e. The number of methoxy groups -OCH3 is 1. The standard InChI is InChI=1S/C11H10N2O2/c1-15-11(14)9-4-2-3-7-5-8(12)6-13-10(7)9/h2-6H,12H2,1H3. The van der Waals surface area contributed by atoms with E-state index in [9.17, 15) is 4.79 Å². The number of aromatic nitrogens is 1. The van der Waals surface area contributed by atoms with Gasteiger partial charge in [-0.25, -0.2) is 4.79 Å². The Morgan fingerprint density at radius 3 is 3.00 bits per heavy atom.